The number of hydrogen-bond acceptors (Lipinski definition) is 7. The molecule has 1 aliphatic heterocycles. The number of aromatic amines is 1. The number of fused-ring (bicyclic) bond motifs is 1. The van der Waals surface area contributed by atoms with E-state index < -0.39 is 29.0 Å². The highest BCUT2D eigenvalue weighted by atomic mass is 35.5. The number of carbonyl (C=O) groups is 2. The van der Waals surface area contributed by atoms with Crippen molar-refractivity contribution in [1.29, 1.82) is 0 Å². The molecule has 2 heterocycles. The Hall–Kier alpha value is -1.77. The first-order valence-corrected chi connectivity index (χ1v) is 9.34. The van der Waals surface area contributed by atoms with Crippen LogP contribution in [0.3, 0.4) is 0 Å². The third-order valence-electron chi connectivity index (χ3n) is 3.99. The van der Waals surface area contributed by atoms with Gasteiger partial charge in [0.1, 0.15) is 5.25 Å². The lowest BCUT2D eigenvalue weighted by Crippen LogP contribution is -2.40. The number of rotatable bonds is 3. The predicted molar refractivity (Wildman–Crippen MR) is 95.4 cm³/mol. The summed E-state index contributed by atoms with van der Waals surface area (Å²) in [5.74, 6) is -2.40. The van der Waals surface area contributed by atoms with Gasteiger partial charge in [-0.2, -0.15) is 0 Å². The van der Waals surface area contributed by atoms with Gasteiger partial charge < -0.3 is 14.5 Å². The summed E-state index contributed by atoms with van der Waals surface area (Å²) in [4.78, 5) is 39.9. The molecule has 0 amide bonds. The highest BCUT2D eigenvalue weighted by Crippen LogP contribution is 2.49. The molecule has 0 saturated carbocycles. The van der Waals surface area contributed by atoms with E-state index in [1.807, 2.05) is 0 Å². The Balaban J connectivity index is 2.20. The number of H-pyrrole nitrogens is 1. The first kappa shape index (κ1) is 18.0. The van der Waals surface area contributed by atoms with Crippen molar-refractivity contribution in [2.24, 2.45) is 5.92 Å². The first-order chi connectivity index (χ1) is 12.0. The molecule has 3 atom stereocenters. The number of aromatic nitrogens is 1. The Morgan fingerprint density at radius 1 is 1.12 bits per heavy atom. The minimum Gasteiger partial charge on any atom is -0.469 e. The zero-order valence-corrected chi connectivity index (χ0v) is 15.7. The van der Waals surface area contributed by atoms with Gasteiger partial charge in [0.25, 0.3) is 0 Å². The van der Waals surface area contributed by atoms with E-state index in [1.54, 1.807) is 24.3 Å². The number of thioether (sulfide) groups is 1. The summed E-state index contributed by atoms with van der Waals surface area (Å²) in [6.07, 6.45) is 0. The van der Waals surface area contributed by atoms with Crippen LogP contribution in [-0.4, -0.2) is 36.4 Å². The minimum atomic E-state index is -0.823. The largest absolute Gasteiger partial charge is 0.469 e. The second-order valence-electron chi connectivity index (χ2n) is 5.35. The average Bonchev–Trinajstić information content (AvgIpc) is 2.99. The van der Waals surface area contributed by atoms with Gasteiger partial charge in [0.2, 0.25) is 0 Å². The topological polar surface area (TPSA) is 85.5 Å². The van der Waals surface area contributed by atoms with Crippen molar-refractivity contribution in [2.75, 3.05) is 14.2 Å². The molecule has 3 rings (SSSR count). The molecule has 0 spiro atoms. The molecule has 25 heavy (non-hydrogen) atoms. The number of methoxy groups -OCH3 is 2. The Bertz CT molecular complexity index is 860. The SMILES string of the molecule is COC(=O)[C@@H]1[C@H](c2ccc(Cl)cc2)c2sc(=O)[nH]c2S[C@H]1C(=O)OC. The number of ether oxygens (including phenoxy) is 2. The maximum absolute atomic E-state index is 12.5. The highest BCUT2D eigenvalue weighted by Gasteiger charge is 2.48. The van der Waals surface area contributed by atoms with Crippen LogP contribution < -0.4 is 4.87 Å². The molecule has 1 aromatic carbocycles. The van der Waals surface area contributed by atoms with Crippen molar-refractivity contribution in [2.45, 2.75) is 16.2 Å². The first-order valence-electron chi connectivity index (χ1n) is 7.27. The van der Waals surface area contributed by atoms with Crippen LogP contribution in [0.5, 0.6) is 0 Å². The maximum Gasteiger partial charge on any atom is 0.320 e. The standard InChI is InChI=1S/C16H14ClNO5S2/c1-22-14(19)10-9(7-3-5-8(17)6-4-7)11-13(18-16(21)25-11)24-12(10)15(20)23-2/h3-6,9-10,12H,1-2H3,(H,18,21)/t9-,10+,12+/m0/s1. The van der Waals surface area contributed by atoms with Crippen LogP contribution in [0.2, 0.25) is 5.02 Å². The average molecular weight is 400 g/mol. The molecule has 0 bridgehead atoms. The Morgan fingerprint density at radius 2 is 1.76 bits per heavy atom. The van der Waals surface area contributed by atoms with Crippen LogP contribution >= 0.6 is 34.7 Å². The van der Waals surface area contributed by atoms with E-state index in [0.29, 0.717) is 14.9 Å². The Labute approximate surface area is 156 Å². The van der Waals surface area contributed by atoms with E-state index >= 15 is 0 Å². The molecular weight excluding hydrogens is 386 g/mol. The maximum atomic E-state index is 12.5. The molecule has 9 heteroatoms. The summed E-state index contributed by atoms with van der Waals surface area (Å²) < 4.78 is 9.80. The normalized spacial score (nSPS) is 22.1. The van der Waals surface area contributed by atoms with Crippen molar-refractivity contribution >= 4 is 46.6 Å². The summed E-state index contributed by atoms with van der Waals surface area (Å²) in [6.45, 7) is 0. The van der Waals surface area contributed by atoms with Crippen LogP contribution in [0.15, 0.2) is 34.1 Å². The predicted octanol–water partition coefficient (Wildman–Crippen LogP) is 2.66. The fourth-order valence-electron chi connectivity index (χ4n) is 2.89. The van der Waals surface area contributed by atoms with E-state index in [-0.39, 0.29) is 4.87 Å². The fourth-order valence-corrected chi connectivity index (χ4v) is 5.51. The number of benzene rings is 1. The fraction of sp³-hybridized carbons (Fsp3) is 0.312. The van der Waals surface area contributed by atoms with Gasteiger partial charge in [0, 0.05) is 15.8 Å². The van der Waals surface area contributed by atoms with Gasteiger partial charge >= 0.3 is 16.8 Å². The molecule has 1 aromatic heterocycles. The lowest BCUT2D eigenvalue weighted by Gasteiger charge is -2.33. The van der Waals surface area contributed by atoms with E-state index in [4.69, 9.17) is 21.1 Å². The van der Waals surface area contributed by atoms with Crippen LogP contribution in [-0.2, 0) is 19.1 Å². The lowest BCUT2D eigenvalue weighted by molar-refractivity contribution is -0.151. The second-order valence-corrected chi connectivity index (χ2v) is 7.95. The number of nitrogens with one attached hydrogen (secondary N) is 1. The number of hydrogen-bond donors (Lipinski definition) is 1. The van der Waals surface area contributed by atoms with Crippen molar-refractivity contribution in [3.8, 4) is 0 Å². The summed E-state index contributed by atoms with van der Waals surface area (Å²) >= 11 is 8.10. The Morgan fingerprint density at radius 3 is 2.36 bits per heavy atom. The second kappa shape index (κ2) is 7.23. The van der Waals surface area contributed by atoms with Crippen LogP contribution in [0.25, 0.3) is 0 Å². The summed E-state index contributed by atoms with van der Waals surface area (Å²) in [7, 11) is 2.54. The Kier molecular flexibility index (Phi) is 5.21. The number of carbonyl (C=O) groups excluding carboxylic acids is 2. The molecule has 2 aromatic rings. The molecule has 6 nitrogen and oxygen atoms in total. The molecule has 0 fully saturated rings. The molecule has 1 aliphatic rings. The minimum absolute atomic E-state index is 0.245. The van der Waals surface area contributed by atoms with Crippen molar-refractivity contribution in [3.63, 3.8) is 0 Å². The third kappa shape index (κ3) is 3.33. The van der Waals surface area contributed by atoms with E-state index in [2.05, 4.69) is 4.98 Å². The molecule has 0 aliphatic carbocycles. The number of esters is 2. The van der Waals surface area contributed by atoms with E-state index in [1.165, 1.54) is 14.2 Å². The van der Waals surface area contributed by atoms with Gasteiger partial charge in [-0.15, -0.1) is 0 Å². The number of halogens is 1. The van der Waals surface area contributed by atoms with Crippen molar-refractivity contribution < 1.29 is 19.1 Å². The lowest BCUT2D eigenvalue weighted by atomic mass is 9.82. The van der Waals surface area contributed by atoms with Crippen LogP contribution in [0.4, 0.5) is 0 Å². The third-order valence-corrected chi connectivity index (χ3v) is 6.63. The molecule has 0 saturated heterocycles. The zero-order chi connectivity index (χ0) is 18.1. The molecule has 1 N–H and O–H groups in total. The van der Waals surface area contributed by atoms with Gasteiger partial charge in [0.05, 0.1) is 25.2 Å². The number of thiazole rings is 1. The molecule has 0 radical (unpaired) electrons. The molecule has 132 valence electrons. The quantitative estimate of drug-likeness (QED) is 0.798. The summed E-state index contributed by atoms with van der Waals surface area (Å²) in [5, 5.41) is 0.303. The monoisotopic (exact) mass is 399 g/mol. The van der Waals surface area contributed by atoms with Crippen molar-refractivity contribution in [3.05, 3.63) is 49.4 Å². The summed E-state index contributed by atoms with van der Waals surface area (Å²) in [6, 6.07) is 6.97. The van der Waals surface area contributed by atoms with Crippen molar-refractivity contribution in [1.82, 2.24) is 4.98 Å². The van der Waals surface area contributed by atoms with Crippen LogP contribution in [0, 0.1) is 5.92 Å². The smallest absolute Gasteiger partial charge is 0.320 e. The van der Waals surface area contributed by atoms with Gasteiger partial charge in [-0.3, -0.25) is 14.4 Å². The zero-order valence-electron chi connectivity index (χ0n) is 13.3. The molecule has 0 unspecified atom stereocenters. The van der Waals surface area contributed by atoms with Gasteiger partial charge in [-0.05, 0) is 17.7 Å². The highest BCUT2D eigenvalue weighted by molar-refractivity contribution is 8.00. The van der Waals surface area contributed by atoms with E-state index in [0.717, 1.165) is 28.7 Å². The van der Waals surface area contributed by atoms with Crippen LogP contribution in [0.1, 0.15) is 16.4 Å². The van der Waals surface area contributed by atoms with Gasteiger partial charge in [-0.25, -0.2) is 0 Å². The molecular formula is C16H14ClNO5S2. The summed E-state index contributed by atoms with van der Waals surface area (Å²) in [5.41, 5.74) is 0.769. The van der Waals surface area contributed by atoms with Gasteiger partial charge in [0.15, 0.2) is 0 Å². The van der Waals surface area contributed by atoms with E-state index in [9.17, 15) is 14.4 Å². The van der Waals surface area contributed by atoms with Gasteiger partial charge in [-0.1, -0.05) is 46.8 Å².